The maximum absolute atomic E-state index is 6.25. The Kier molecular flexibility index (Phi) is 2.11. The van der Waals surface area contributed by atoms with E-state index in [0.717, 1.165) is 34.6 Å². The maximum Gasteiger partial charge on any atom is 0.138 e. The van der Waals surface area contributed by atoms with Crippen molar-refractivity contribution in [1.29, 1.82) is 0 Å². The van der Waals surface area contributed by atoms with Crippen LogP contribution in [0, 0.1) is 5.92 Å². The third kappa shape index (κ3) is 1.13. The van der Waals surface area contributed by atoms with Gasteiger partial charge in [-0.05, 0) is 12.8 Å². The van der Waals surface area contributed by atoms with Crippen molar-refractivity contribution >= 4 is 21.8 Å². The Hall–Kier alpha value is -0.153. The highest BCUT2D eigenvalue weighted by Crippen LogP contribution is 2.62. The summed E-state index contributed by atoms with van der Waals surface area (Å²) >= 11 is 6.25. The molecular weight excluding hydrogens is 204 g/mol. The summed E-state index contributed by atoms with van der Waals surface area (Å²) in [5.74, 6) is 2.48. The van der Waals surface area contributed by atoms with E-state index in [1.165, 1.54) is 0 Å². The summed E-state index contributed by atoms with van der Waals surface area (Å²) in [5, 5.41) is 0.517. The fourth-order valence-corrected chi connectivity index (χ4v) is 4.90. The second-order valence-corrected chi connectivity index (χ2v) is 6.67. The smallest absolute Gasteiger partial charge is 0.138 e. The average molecular weight is 219 g/mol. The van der Waals surface area contributed by atoms with Gasteiger partial charge in [0.2, 0.25) is 0 Å². The van der Waals surface area contributed by atoms with Crippen molar-refractivity contribution in [2.24, 2.45) is 5.92 Å². The Morgan fingerprint density at radius 1 is 1.38 bits per heavy atom. The topological polar surface area (TPSA) is 18.5 Å². The van der Waals surface area contributed by atoms with Gasteiger partial charge >= 0.3 is 0 Å². The molecule has 2 rings (SSSR count). The van der Waals surface area contributed by atoms with E-state index in [2.05, 4.69) is 0 Å². The van der Waals surface area contributed by atoms with Crippen molar-refractivity contribution in [3.63, 3.8) is 0 Å². The second kappa shape index (κ2) is 2.92. The van der Waals surface area contributed by atoms with E-state index in [1.807, 2.05) is 0 Å². The van der Waals surface area contributed by atoms with Crippen LogP contribution in [0.3, 0.4) is 0 Å². The first-order chi connectivity index (χ1) is 6.12. The van der Waals surface area contributed by atoms with Gasteiger partial charge in [0, 0.05) is 26.6 Å². The first-order valence-electron chi connectivity index (χ1n) is 4.59. The molecule has 0 N–H and O–H groups in total. The SMILES string of the molecule is COC1=C(OC)C2([SiH3])CC(Cl)C1C2. The van der Waals surface area contributed by atoms with Crippen LogP contribution in [0.4, 0.5) is 0 Å². The van der Waals surface area contributed by atoms with Gasteiger partial charge < -0.3 is 9.47 Å². The number of ether oxygens (including phenoxy) is 2. The second-order valence-electron chi connectivity index (χ2n) is 4.19. The van der Waals surface area contributed by atoms with E-state index < -0.39 is 0 Å². The van der Waals surface area contributed by atoms with Gasteiger partial charge in [-0.25, -0.2) is 0 Å². The standard InChI is InChI=1S/C9H15ClO2Si/c1-11-7-5-3-9(13,4-6(5)10)8(7)12-2/h5-6H,3-4H2,1-2,13H3. The Labute approximate surface area is 86.7 Å². The van der Waals surface area contributed by atoms with Crippen LogP contribution in [0.25, 0.3) is 0 Å². The summed E-state index contributed by atoms with van der Waals surface area (Å²) in [6.45, 7) is 0. The predicted molar refractivity (Wildman–Crippen MR) is 56.0 cm³/mol. The number of fused-ring (bicyclic) bond motifs is 2. The highest BCUT2D eigenvalue weighted by Gasteiger charge is 2.54. The highest BCUT2D eigenvalue weighted by atomic mass is 35.5. The number of halogens is 1. The summed E-state index contributed by atoms with van der Waals surface area (Å²) in [5.41, 5.74) is 0. The highest BCUT2D eigenvalue weighted by molar-refractivity contribution is 6.24. The van der Waals surface area contributed by atoms with E-state index in [4.69, 9.17) is 21.1 Å². The number of alkyl halides is 1. The lowest BCUT2D eigenvalue weighted by molar-refractivity contribution is 0.188. The minimum absolute atomic E-state index is 0.256. The quantitative estimate of drug-likeness (QED) is 0.510. The predicted octanol–water partition coefficient (Wildman–Crippen LogP) is 1.05. The molecule has 2 nitrogen and oxygen atoms in total. The zero-order valence-corrected chi connectivity index (χ0v) is 11.0. The zero-order chi connectivity index (χ0) is 9.64. The van der Waals surface area contributed by atoms with Gasteiger partial charge in [-0.2, -0.15) is 0 Å². The number of hydrogen-bond donors (Lipinski definition) is 0. The van der Waals surface area contributed by atoms with Crippen molar-refractivity contribution in [3.8, 4) is 0 Å². The Morgan fingerprint density at radius 3 is 2.62 bits per heavy atom. The number of rotatable bonds is 2. The molecule has 2 bridgehead atoms. The van der Waals surface area contributed by atoms with Crippen LogP contribution in [0.5, 0.6) is 0 Å². The molecule has 1 fully saturated rings. The van der Waals surface area contributed by atoms with Crippen molar-refractivity contribution in [2.75, 3.05) is 14.2 Å². The average Bonchev–Trinajstić information content (AvgIpc) is 2.52. The van der Waals surface area contributed by atoms with Gasteiger partial charge in [0.1, 0.15) is 11.5 Å². The lowest BCUT2D eigenvalue weighted by Gasteiger charge is -2.27. The molecule has 1 saturated carbocycles. The lowest BCUT2D eigenvalue weighted by atomic mass is 10.0. The molecule has 0 saturated heterocycles. The molecule has 74 valence electrons. The normalized spacial score (nSPS) is 43.0. The number of methoxy groups -OCH3 is 2. The minimum atomic E-state index is 0.256. The number of allylic oxidation sites excluding steroid dienone is 2. The molecule has 2 aliphatic rings. The molecule has 2 aliphatic carbocycles. The fraction of sp³-hybridized carbons (Fsp3) is 0.778. The van der Waals surface area contributed by atoms with Gasteiger partial charge in [-0.1, -0.05) is 0 Å². The van der Waals surface area contributed by atoms with Gasteiger partial charge in [0.05, 0.1) is 14.2 Å². The van der Waals surface area contributed by atoms with E-state index >= 15 is 0 Å². The molecule has 0 aliphatic heterocycles. The van der Waals surface area contributed by atoms with E-state index in [0.29, 0.717) is 5.92 Å². The molecule has 0 aromatic heterocycles. The van der Waals surface area contributed by atoms with Crippen LogP contribution in [0.2, 0.25) is 5.04 Å². The third-order valence-corrected chi connectivity index (χ3v) is 5.01. The van der Waals surface area contributed by atoms with Gasteiger partial charge in [-0.3, -0.25) is 0 Å². The summed E-state index contributed by atoms with van der Waals surface area (Å²) in [6, 6.07) is 0. The zero-order valence-electron chi connectivity index (χ0n) is 8.26. The molecular formula is C9H15ClO2Si. The first-order valence-corrected chi connectivity index (χ1v) is 6.03. The van der Waals surface area contributed by atoms with Crippen LogP contribution in [0.15, 0.2) is 11.5 Å². The van der Waals surface area contributed by atoms with Crippen LogP contribution >= 0.6 is 11.6 Å². The van der Waals surface area contributed by atoms with E-state index in [-0.39, 0.29) is 10.4 Å². The molecule has 4 heteroatoms. The Bertz CT molecular complexity index is 266. The maximum atomic E-state index is 6.25. The van der Waals surface area contributed by atoms with Crippen molar-refractivity contribution < 1.29 is 9.47 Å². The Balaban J connectivity index is 2.40. The lowest BCUT2D eigenvalue weighted by Crippen LogP contribution is -2.19. The van der Waals surface area contributed by atoms with E-state index in [9.17, 15) is 0 Å². The summed E-state index contributed by atoms with van der Waals surface area (Å²) in [7, 11) is 4.55. The van der Waals surface area contributed by atoms with Crippen molar-refractivity contribution in [3.05, 3.63) is 11.5 Å². The number of hydrogen-bond acceptors (Lipinski definition) is 2. The molecule has 0 amide bonds. The Morgan fingerprint density at radius 2 is 2.08 bits per heavy atom. The largest absolute Gasteiger partial charge is 0.497 e. The first kappa shape index (κ1) is 9.40. The minimum Gasteiger partial charge on any atom is -0.497 e. The summed E-state index contributed by atoms with van der Waals surface area (Å²) in [6.07, 6.45) is 2.21. The third-order valence-electron chi connectivity index (χ3n) is 3.29. The molecule has 0 aromatic carbocycles. The molecule has 0 heterocycles. The van der Waals surface area contributed by atoms with Crippen LogP contribution in [-0.4, -0.2) is 29.8 Å². The molecule has 0 spiro atoms. The van der Waals surface area contributed by atoms with E-state index in [1.54, 1.807) is 14.2 Å². The monoisotopic (exact) mass is 218 g/mol. The molecule has 13 heavy (non-hydrogen) atoms. The van der Waals surface area contributed by atoms with Crippen LogP contribution < -0.4 is 0 Å². The molecule has 3 atom stereocenters. The van der Waals surface area contributed by atoms with Gasteiger partial charge in [-0.15, -0.1) is 11.6 Å². The summed E-state index contributed by atoms with van der Waals surface area (Å²) < 4.78 is 10.8. The van der Waals surface area contributed by atoms with Crippen LogP contribution in [-0.2, 0) is 9.47 Å². The van der Waals surface area contributed by atoms with Crippen LogP contribution in [0.1, 0.15) is 12.8 Å². The molecule has 3 unspecified atom stereocenters. The fourth-order valence-electron chi connectivity index (χ4n) is 2.77. The molecule has 0 radical (unpaired) electrons. The van der Waals surface area contributed by atoms with Gasteiger partial charge in [0.25, 0.3) is 0 Å². The van der Waals surface area contributed by atoms with Gasteiger partial charge in [0.15, 0.2) is 0 Å². The summed E-state index contributed by atoms with van der Waals surface area (Å²) in [4.78, 5) is 0. The van der Waals surface area contributed by atoms with Crippen molar-refractivity contribution in [2.45, 2.75) is 23.3 Å². The van der Waals surface area contributed by atoms with Crippen molar-refractivity contribution in [1.82, 2.24) is 0 Å². The molecule has 0 aromatic rings.